The Balaban J connectivity index is 1.44. The first-order chi connectivity index (χ1) is 12.6. The number of hydrogen-bond acceptors (Lipinski definition) is 8. The zero-order chi connectivity index (χ0) is 18.1. The highest BCUT2D eigenvalue weighted by atomic mass is 16.5. The normalized spacial score (nSPS) is 21.7. The van der Waals surface area contributed by atoms with Crippen molar-refractivity contribution in [1.82, 2.24) is 20.1 Å². The van der Waals surface area contributed by atoms with Gasteiger partial charge in [-0.25, -0.2) is 4.98 Å². The molecule has 0 amide bonds. The lowest BCUT2D eigenvalue weighted by Crippen LogP contribution is -2.34. The molecule has 2 aromatic heterocycles. The maximum Gasteiger partial charge on any atom is 0.229 e. The van der Waals surface area contributed by atoms with Crippen molar-refractivity contribution in [3.8, 4) is 0 Å². The second-order valence-electron chi connectivity index (χ2n) is 7.48. The van der Waals surface area contributed by atoms with E-state index < -0.39 is 0 Å². The summed E-state index contributed by atoms with van der Waals surface area (Å²) in [5, 5.41) is 4.09. The second-order valence-corrected chi connectivity index (χ2v) is 7.48. The van der Waals surface area contributed by atoms with Crippen molar-refractivity contribution >= 4 is 11.8 Å². The minimum absolute atomic E-state index is 0.287. The van der Waals surface area contributed by atoms with E-state index in [9.17, 15) is 0 Å². The van der Waals surface area contributed by atoms with Gasteiger partial charge in [0.2, 0.25) is 11.8 Å². The molecule has 4 heterocycles. The van der Waals surface area contributed by atoms with Gasteiger partial charge < -0.3 is 19.9 Å². The Labute approximate surface area is 153 Å². The molecule has 2 N–H and O–H groups in total. The van der Waals surface area contributed by atoms with Crippen LogP contribution < -0.4 is 10.6 Å². The lowest BCUT2D eigenvalue weighted by Gasteiger charge is -2.31. The van der Waals surface area contributed by atoms with Crippen molar-refractivity contribution in [2.75, 3.05) is 36.9 Å². The van der Waals surface area contributed by atoms with Crippen molar-refractivity contribution in [3.63, 3.8) is 0 Å². The van der Waals surface area contributed by atoms with Crippen LogP contribution in [-0.2, 0) is 4.74 Å². The molecule has 140 valence electrons. The van der Waals surface area contributed by atoms with E-state index in [0.717, 1.165) is 62.2 Å². The zero-order valence-corrected chi connectivity index (χ0v) is 15.4. The van der Waals surface area contributed by atoms with Crippen LogP contribution in [0, 0.1) is 0 Å². The van der Waals surface area contributed by atoms with E-state index in [1.54, 1.807) is 0 Å². The molecule has 26 heavy (non-hydrogen) atoms. The summed E-state index contributed by atoms with van der Waals surface area (Å²) in [6, 6.07) is 2.07. The largest absolute Gasteiger partial charge is 0.381 e. The molecule has 2 aliphatic heterocycles. The first kappa shape index (κ1) is 17.2. The number of nitrogen functional groups attached to an aromatic ring is 1. The summed E-state index contributed by atoms with van der Waals surface area (Å²) in [5.74, 6) is 3.72. The van der Waals surface area contributed by atoms with E-state index in [-0.39, 0.29) is 5.92 Å². The number of rotatable bonds is 4. The smallest absolute Gasteiger partial charge is 0.229 e. The van der Waals surface area contributed by atoms with Crippen LogP contribution in [0.1, 0.15) is 68.3 Å². The second kappa shape index (κ2) is 7.19. The zero-order valence-electron chi connectivity index (χ0n) is 15.4. The Morgan fingerprint density at radius 1 is 1.12 bits per heavy atom. The van der Waals surface area contributed by atoms with Crippen LogP contribution in [0.25, 0.3) is 0 Å². The summed E-state index contributed by atoms with van der Waals surface area (Å²) in [6.07, 6.45) is 2.92. The molecule has 8 nitrogen and oxygen atoms in total. The van der Waals surface area contributed by atoms with Gasteiger partial charge in [-0.3, -0.25) is 0 Å². The predicted octanol–water partition coefficient (Wildman–Crippen LogP) is 2.45. The molecule has 4 rings (SSSR count). The lowest BCUT2D eigenvalue weighted by atomic mass is 9.96. The summed E-state index contributed by atoms with van der Waals surface area (Å²) in [5.41, 5.74) is 6.95. The molecule has 0 bridgehead atoms. The molecule has 8 heteroatoms. The number of piperidine rings is 1. The highest BCUT2D eigenvalue weighted by Gasteiger charge is 2.27. The van der Waals surface area contributed by atoms with E-state index in [0.29, 0.717) is 24.4 Å². The summed E-state index contributed by atoms with van der Waals surface area (Å²) in [7, 11) is 0. The standard InChI is InChI=1S/C18H26N6O2/c1-11(2)16-22-17(26-23-16)12-3-6-24(7-4-12)15-9-14(20-18(19)21-15)13-5-8-25-10-13/h9,11-13H,3-8,10H2,1-2H3,(H2,19,20,21)/t13-/m1/s1. The molecule has 0 unspecified atom stereocenters. The van der Waals surface area contributed by atoms with Gasteiger partial charge >= 0.3 is 0 Å². The van der Waals surface area contributed by atoms with Crippen LogP contribution in [0.4, 0.5) is 11.8 Å². The fourth-order valence-corrected chi connectivity index (χ4v) is 3.61. The lowest BCUT2D eigenvalue weighted by molar-refractivity contribution is 0.193. The Morgan fingerprint density at radius 3 is 2.58 bits per heavy atom. The van der Waals surface area contributed by atoms with Gasteiger partial charge in [0.15, 0.2) is 5.82 Å². The minimum atomic E-state index is 0.287. The van der Waals surface area contributed by atoms with Crippen LogP contribution in [0.3, 0.4) is 0 Å². The van der Waals surface area contributed by atoms with Crippen molar-refractivity contribution in [2.24, 2.45) is 0 Å². The number of hydrogen-bond donors (Lipinski definition) is 1. The average molecular weight is 358 g/mol. The van der Waals surface area contributed by atoms with Crippen molar-refractivity contribution in [3.05, 3.63) is 23.5 Å². The van der Waals surface area contributed by atoms with Gasteiger partial charge in [-0.1, -0.05) is 19.0 Å². The van der Waals surface area contributed by atoms with E-state index in [4.69, 9.17) is 15.0 Å². The molecule has 2 fully saturated rings. The van der Waals surface area contributed by atoms with E-state index >= 15 is 0 Å². The molecule has 0 aliphatic carbocycles. The van der Waals surface area contributed by atoms with Gasteiger partial charge in [-0.2, -0.15) is 9.97 Å². The monoisotopic (exact) mass is 358 g/mol. The third kappa shape index (κ3) is 3.51. The van der Waals surface area contributed by atoms with Crippen molar-refractivity contribution < 1.29 is 9.26 Å². The van der Waals surface area contributed by atoms with Crippen LogP contribution in [0.5, 0.6) is 0 Å². The average Bonchev–Trinajstić information content (AvgIpc) is 3.33. The number of ether oxygens (including phenoxy) is 1. The SMILES string of the molecule is CC(C)c1noc(C2CCN(c3cc([C@@H]4CCOC4)nc(N)n3)CC2)n1. The molecule has 2 aromatic rings. The molecular formula is C18H26N6O2. The molecule has 1 atom stereocenters. The van der Waals surface area contributed by atoms with E-state index in [2.05, 4.69) is 44.9 Å². The third-order valence-corrected chi connectivity index (χ3v) is 5.24. The van der Waals surface area contributed by atoms with Gasteiger partial charge in [0, 0.05) is 43.5 Å². The van der Waals surface area contributed by atoms with Gasteiger partial charge in [0.05, 0.1) is 12.3 Å². The van der Waals surface area contributed by atoms with Crippen LogP contribution >= 0.6 is 0 Å². The van der Waals surface area contributed by atoms with Crippen LogP contribution in [0.15, 0.2) is 10.6 Å². The van der Waals surface area contributed by atoms with E-state index in [1.165, 1.54) is 0 Å². The number of aromatic nitrogens is 4. The Bertz CT molecular complexity index is 748. The molecule has 2 aliphatic rings. The summed E-state index contributed by atoms with van der Waals surface area (Å²) < 4.78 is 11.0. The molecule has 0 radical (unpaired) electrons. The number of nitrogens with zero attached hydrogens (tertiary/aromatic N) is 5. The summed E-state index contributed by atoms with van der Waals surface area (Å²) in [6.45, 7) is 7.43. The first-order valence-electron chi connectivity index (χ1n) is 9.41. The van der Waals surface area contributed by atoms with Crippen LogP contribution in [0.2, 0.25) is 0 Å². The number of anilines is 2. The molecular weight excluding hydrogens is 332 g/mol. The van der Waals surface area contributed by atoms with Crippen LogP contribution in [-0.4, -0.2) is 46.4 Å². The first-order valence-corrected chi connectivity index (χ1v) is 9.41. The third-order valence-electron chi connectivity index (χ3n) is 5.24. The maximum absolute atomic E-state index is 5.96. The highest BCUT2D eigenvalue weighted by molar-refractivity contribution is 5.45. The van der Waals surface area contributed by atoms with Gasteiger partial charge in [0.1, 0.15) is 5.82 Å². The molecule has 0 aromatic carbocycles. The predicted molar refractivity (Wildman–Crippen MR) is 97.2 cm³/mol. The Kier molecular flexibility index (Phi) is 4.76. The van der Waals surface area contributed by atoms with Gasteiger partial charge in [-0.15, -0.1) is 0 Å². The summed E-state index contributed by atoms with van der Waals surface area (Å²) in [4.78, 5) is 15.7. The fourth-order valence-electron chi connectivity index (χ4n) is 3.61. The molecule has 0 saturated carbocycles. The Morgan fingerprint density at radius 2 is 1.92 bits per heavy atom. The van der Waals surface area contributed by atoms with E-state index in [1.807, 2.05) is 0 Å². The summed E-state index contributed by atoms with van der Waals surface area (Å²) >= 11 is 0. The minimum Gasteiger partial charge on any atom is -0.381 e. The number of nitrogens with two attached hydrogens (primary N) is 1. The van der Waals surface area contributed by atoms with Gasteiger partial charge in [0.25, 0.3) is 0 Å². The highest BCUT2D eigenvalue weighted by Crippen LogP contribution is 2.31. The Hall–Kier alpha value is -2.22. The van der Waals surface area contributed by atoms with Crippen molar-refractivity contribution in [2.45, 2.75) is 50.9 Å². The quantitative estimate of drug-likeness (QED) is 0.889. The van der Waals surface area contributed by atoms with Gasteiger partial charge in [-0.05, 0) is 19.3 Å². The maximum atomic E-state index is 5.96. The van der Waals surface area contributed by atoms with Crippen molar-refractivity contribution in [1.29, 1.82) is 0 Å². The topological polar surface area (TPSA) is 103 Å². The fraction of sp³-hybridized carbons (Fsp3) is 0.667. The molecule has 0 spiro atoms. The molecule has 2 saturated heterocycles.